The van der Waals surface area contributed by atoms with Crippen molar-refractivity contribution in [3.05, 3.63) is 35.1 Å². The molecular formula is C9H7F4NO2. The molecule has 0 spiro atoms. The number of amides is 1. The van der Waals surface area contributed by atoms with E-state index in [1.807, 2.05) is 0 Å². The van der Waals surface area contributed by atoms with E-state index in [1.165, 1.54) is 0 Å². The van der Waals surface area contributed by atoms with Gasteiger partial charge in [0.2, 0.25) is 0 Å². The normalized spacial score (nSPS) is 11.2. The van der Waals surface area contributed by atoms with Crippen molar-refractivity contribution in [3.63, 3.8) is 0 Å². The highest BCUT2D eigenvalue weighted by Crippen LogP contribution is 2.32. The first-order chi connectivity index (χ1) is 7.32. The van der Waals surface area contributed by atoms with Crippen molar-refractivity contribution in [2.45, 2.75) is 12.7 Å². The summed E-state index contributed by atoms with van der Waals surface area (Å²) in [4.78, 5) is 10.1. The van der Waals surface area contributed by atoms with Crippen LogP contribution in [-0.2, 0) is 12.7 Å². The van der Waals surface area contributed by atoms with E-state index in [4.69, 9.17) is 5.11 Å². The molecule has 88 valence electrons. The van der Waals surface area contributed by atoms with Crippen LogP contribution < -0.4 is 5.32 Å². The third kappa shape index (κ3) is 2.85. The van der Waals surface area contributed by atoms with Gasteiger partial charge in [0.1, 0.15) is 5.82 Å². The Kier molecular flexibility index (Phi) is 3.36. The molecule has 0 aliphatic rings. The smallest absolute Gasteiger partial charge is 0.416 e. The van der Waals surface area contributed by atoms with E-state index in [9.17, 15) is 22.4 Å². The van der Waals surface area contributed by atoms with Gasteiger partial charge in [0.05, 0.1) is 5.56 Å². The molecule has 0 unspecified atom stereocenters. The Hall–Kier alpha value is -1.79. The van der Waals surface area contributed by atoms with Gasteiger partial charge in [-0.05, 0) is 12.1 Å². The van der Waals surface area contributed by atoms with Crippen LogP contribution >= 0.6 is 0 Å². The number of nitrogens with one attached hydrogen (secondary N) is 1. The molecule has 1 aromatic carbocycles. The van der Waals surface area contributed by atoms with Gasteiger partial charge in [-0.3, -0.25) is 0 Å². The number of halogens is 4. The molecule has 0 heterocycles. The minimum Gasteiger partial charge on any atom is -0.465 e. The lowest BCUT2D eigenvalue weighted by atomic mass is 10.1. The van der Waals surface area contributed by atoms with Crippen molar-refractivity contribution in [2.75, 3.05) is 0 Å². The Morgan fingerprint density at radius 3 is 2.50 bits per heavy atom. The Bertz CT molecular complexity index is 403. The monoisotopic (exact) mass is 237 g/mol. The highest BCUT2D eigenvalue weighted by molar-refractivity contribution is 5.64. The first-order valence-electron chi connectivity index (χ1n) is 4.13. The molecule has 2 N–H and O–H groups in total. The average molecular weight is 237 g/mol. The average Bonchev–Trinajstić information content (AvgIpc) is 2.13. The summed E-state index contributed by atoms with van der Waals surface area (Å²) < 4.78 is 50.3. The number of carboxylic acid groups (broad SMARTS) is 1. The van der Waals surface area contributed by atoms with Gasteiger partial charge >= 0.3 is 12.3 Å². The SMILES string of the molecule is O=C(O)NCc1c(F)cccc1C(F)(F)F. The van der Waals surface area contributed by atoms with E-state index in [1.54, 1.807) is 5.32 Å². The van der Waals surface area contributed by atoms with E-state index in [0.29, 0.717) is 6.07 Å². The van der Waals surface area contributed by atoms with E-state index >= 15 is 0 Å². The second-order valence-corrected chi connectivity index (χ2v) is 2.92. The van der Waals surface area contributed by atoms with Gasteiger partial charge in [-0.2, -0.15) is 13.2 Å². The minimum absolute atomic E-state index is 0.696. The van der Waals surface area contributed by atoms with Gasteiger partial charge in [-0.25, -0.2) is 9.18 Å². The Labute approximate surface area is 87.7 Å². The van der Waals surface area contributed by atoms with Gasteiger partial charge in [0.25, 0.3) is 0 Å². The van der Waals surface area contributed by atoms with E-state index in [-0.39, 0.29) is 0 Å². The Morgan fingerprint density at radius 1 is 1.38 bits per heavy atom. The third-order valence-corrected chi connectivity index (χ3v) is 1.84. The van der Waals surface area contributed by atoms with Crippen LogP contribution in [0.5, 0.6) is 0 Å². The van der Waals surface area contributed by atoms with Crippen molar-refractivity contribution < 1.29 is 27.5 Å². The molecule has 0 aromatic heterocycles. The van der Waals surface area contributed by atoms with Crippen LogP contribution in [0.25, 0.3) is 0 Å². The van der Waals surface area contributed by atoms with E-state index < -0.39 is 35.8 Å². The molecule has 0 saturated carbocycles. The zero-order chi connectivity index (χ0) is 12.3. The highest BCUT2D eigenvalue weighted by atomic mass is 19.4. The molecule has 16 heavy (non-hydrogen) atoms. The number of alkyl halides is 3. The highest BCUT2D eigenvalue weighted by Gasteiger charge is 2.34. The molecular weight excluding hydrogens is 230 g/mol. The van der Waals surface area contributed by atoms with Crippen LogP contribution in [0.15, 0.2) is 18.2 Å². The fourth-order valence-electron chi connectivity index (χ4n) is 1.17. The van der Waals surface area contributed by atoms with Gasteiger partial charge in [-0.1, -0.05) is 6.07 Å². The van der Waals surface area contributed by atoms with E-state index in [0.717, 1.165) is 12.1 Å². The molecule has 1 rings (SSSR count). The van der Waals surface area contributed by atoms with Crippen LogP contribution in [-0.4, -0.2) is 11.2 Å². The summed E-state index contributed by atoms with van der Waals surface area (Å²) in [6.07, 6.45) is -6.23. The Morgan fingerprint density at radius 2 is 2.00 bits per heavy atom. The lowest BCUT2D eigenvalue weighted by Gasteiger charge is -2.13. The third-order valence-electron chi connectivity index (χ3n) is 1.84. The van der Waals surface area contributed by atoms with Crippen molar-refractivity contribution in [1.29, 1.82) is 0 Å². The van der Waals surface area contributed by atoms with Crippen LogP contribution in [0.4, 0.5) is 22.4 Å². The van der Waals surface area contributed by atoms with Crippen molar-refractivity contribution in [1.82, 2.24) is 5.32 Å². The largest absolute Gasteiger partial charge is 0.465 e. The minimum atomic E-state index is -4.71. The molecule has 7 heteroatoms. The van der Waals surface area contributed by atoms with Gasteiger partial charge in [-0.15, -0.1) is 0 Å². The topological polar surface area (TPSA) is 49.3 Å². The zero-order valence-electron chi connectivity index (χ0n) is 7.81. The predicted molar refractivity (Wildman–Crippen MR) is 46.3 cm³/mol. The molecule has 1 amide bonds. The van der Waals surface area contributed by atoms with Crippen molar-refractivity contribution in [3.8, 4) is 0 Å². The molecule has 0 bridgehead atoms. The second-order valence-electron chi connectivity index (χ2n) is 2.92. The zero-order valence-corrected chi connectivity index (χ0v) is 7.81. The molecule has 0 aliphatic carbocycles. The van der Waals surface area contributed by atoms with Gasteiger partial charge in [0.15, 0.2) is 0 Å². The van der Waals surface area contributed by atoms with Crippen LogP contribution in [0.1, 0.15) is 11.1 Å². The van der Waals surface area contributed by atoms with Crippen LogP contribution in [0.3, 0.4) is 0 Å². The molecule has 0 saturated heterocycles. The van der Waals surface area contributed by atoms with Gasteiger partial charge < -0.3 is 10.4 Å². The fraction of sp³-hybridized carbons (Fsp3) is 0.222. The summed E-state index contributed by atoms with van der Waals surface area (Å²) in [5.41, 5.74) is -1.89. The van der Waals surface area contributed by atoms with Gasteiger partial charge in [0, 0.05) is 12.1 Å². The summed E-state index contributed by atoms with van der Waals surface area (Å²) >= 11 is 0. The first kappa shape index (κ1) is 12.3. The predicted octanol–water partition coefficient (Wildman–Crippen LogP) is 2.61. The standard InChI is InChI=1S/C9H7F4NO2/c10-7-3-1-2-6(9(11,12)13)5(7)4-14-8(15)16/h1-3,14H,4H2,(H,15,16). The lowest BCUT2D eigenvalue weighted by Crippen LogP contribution is -2.23. The molecule has 1 aromatic rings. The second kappa shape index (κ2) is 4.38. The number of hydrogen-bond donors (Lipinski definition) is 2. The molecule has 0 atom stereocenters. The maximum absolute atomic E-state index is 13.1. The van der Waals surface area contributed by atoms with Crippen molar-refractivity contribution >= 4 is 6.09 Å². The molecule has 3 nitrogen and oxygen atoms in total. The number of benzene rings is 1. The van der Waals surface area contributed by atoms with Crippen LogP contribution in [0, 0.1) is 5.82 Å². The first-order valence-corrected chi connectivity index (χ1v) is 4.13. The quantitative estimate of drug-likeness (QED) is 0.777. The summed E-state index contributed by atoms with van der Waals surface area (Å²) in [5.74, 6) is -1.09. The molecule has 0 radical (unpaired) electrons. The molecule has 0 aliphatic heterocycles. The summed E-state index contributed by atoms with van der Waals surface area (Å²) in [7, 11) is 0. The summed E-state index contributed by atoms with van der Waals surface area (Å²) in [5, 5.41) is 9.94. The number of carbonyl (C=O) groups is 1. The molecule has 0 fully saturated rings. The summed E-state index contributed by atoms with van der Waals surface area (Å²) in [6, 6.07) is 2.46. The number of rotatable bonds is 2. The van der Waals surface area contributed by atoms with Crippen LogP contribution in [0.2, 0.25) is 0 Å². The summed E-state index contributed by atoms with van der Waals surface area (Å²) in [6.45, 7) is -0.725. The Balaban J connectivity index is 3.09. The maximum atomic E-state index is 13.1. The maximum Gasteiger partial charge on any atom is 0.416 e. The van der Waals surface area contributed by atoms with E-state index in [2.05, 4.69) is 0 Å². The fourth-order valence-corrected chi connectivity index (χ4v) is 1.17. The van der Waals surface area contributed by atoms with Crippen molar-refractivity contribution in [2.24, 2.45) is 0 Å². The lowest BCUT2D eigenvalue weighted by molar-refractivity contribution is -0.138. The number of hydrogen-bond acceptors (Lipinski definition) is 1.